The number of hydrogen-bond acceptors (Lipinski definition) is 2. The van der Waals surface area contributed by atoms with Crippen molar-refractivity contribution in [3.05, 3.63) is 42.5 Å². The van der Waals surface area contributed by atoms with Crippen molar-refractivity contribution in [2.24, 2.45) is 0 Å². The van der Waals surface area contributed by atoms with Crippen LogP contribution in [0, 0.1) is 0 Å². The average molecular weight is 220 g/mol. The Morgan fingerprint density at radius 1 is 1.50 bits per heavy atom. The summed E-state index contributed by atoms with van der Waals surface area (Å²) in [7, 11) is 0. The molecular formula is C14H20O2. The van der Waals surface area contributed by atoms with Crippen LogP contribution >= 0.6 is 0 Å². The third kappa shape index (κ3) is 4.07. The Kier molecular flexibility index (Phi) is 4.56. The van der Waals surface area contributed by atoms with Gasteiger partial charge in [-0.2, -0.15) is 0 Å². The lowest BCUT2D eigenvalue weighted by Gasteiger charge is -2.18. The molecule has 2 heteroatoms. The first-order chi connectivity index (χ1) is 7.57. The minimum absolute atomic E-state index is 0.673. The second-order valence-corrected chi connectivity index (χ2v) is 4.14. The summed E-state index contributed by atoms with van der Waals surface area (Å²) in [6.45, 7) is 8.03. The SMILES string of the molecule is C=CC(C)(O)CCc1cccc(OCC)c1. The van der Waals surface area contributed by atoms with E-state index in [-0.39, 0.29) is 0 Å². The zero-order valence-electron chi connectivity index (χ0n) is 10.1. The number of aliphatic hydroxyl groups is 1. The van der Waals surface area contributed by atoms with Crippen molar-refractivity contribution in [2.75, 3.05) is 6.61 Å². The van der Waals surface area contributed by atoms with Gasteiger partial charge in [-0.05, 0) is 44.4 Å². The molecule has 1 unspecified atom stereocenters. The Labute approximate surface area is 97.6 Å². The summed E-state index contributed by atoms with van der Waals surface area (Å²) in [5.74, 6) is 0.887. The molecule has 0 fully saturated rings. The van der Waals surface area contributed by atoms with Crippen molar-refractivity contribution in [3.63, 3.8) is 0 Å². The van der Waals surface area contributed by atoms with Gasteiger partial charge in [0.05, 0.1) is 12.2 Å². The maximum atomic E-state index is 9.81. The van der Waals surface area contributed by atoms with Crippen LogP contribution in [0.1, 0.15) is 25.8 Å². The van der Waals surface area contributed by atoms with E-state index in [0.29, 0.717) is 13.0 Å². The van der Waals surface area contributed by atoms with E-state index in [1.54, 1.807) is 13.0 Å². The number of rotatable bonds is 6. The summed E-state index contributed by atoms with van der Waals surface area (Å²) in [6.07, 6.45) is 3.07. The first-order valence-electron chi connectivity index (χ1n) is 5.65. The van der Waals surface area contributed by atoms with E-state index in [9.17, 15) is 5.11 Å². The smallest absolute Gasteiger partial charge is 0.119 e. The minimum atomic E-state index is -0.790. The molecule has 0 radical (unpaired) electrons. The molecule has 0 heterocycles. The largest absolute Gasteiger partial charge is 0.494 e. The zero-order valence-corrected chi connectivity index (χ0v) is 10.1. The molecule has 0 aliphatic heterocycles. The highest BCUT2D eigenvalue weighted by molar-refractivity contribution is 5.28. The van der Waals surface area contributed by atoms with Crippen molar-refractivity contribution < 1.29 is 9.84 Å². The highest BCUT2D eigenvalue weighted by Crippen LogP contribution is 2.18. The van der Waals surface area contributed by atoms with Gasteiger partial charge in [0, 0.05) is 0 Å². The van der Waals surface area contributed by atoms with Crippen molar-refractivity contribution >= 4 is 0 Å². The van der Waals surface area contributed by atoms with Gasteiger partial charge in [-0.15, -0.1) is 6.58 Å². The van der Waals surface area contributed by atoms with Crippen LogP contribution in [-0.2, 0) is 6.42 Å². The lowest BCUT2D eigenvalue weighted by molar-refractivity contribution is 0.103. The lowest BCUT2D eigenvalue weighted by Crippen LogP contribution is -2.20. The molecule has 2 nitrogen and oxygen atoms in total. The predicted molar refractivity (Wildman–Crippen MR) is 66.8 cm³/mol. The molecule has 0 bridgehead atoms. The van der Waals surface area contributed by atoms with Crippen molar-refractivity contribution in [2.45, 2.75) is 32.3 Å². The molecule has 1 atom stereocenters. The van der Waals surface area contributed by atoms with Gasteiger partial charge in [0.1, 0.15) is 5.75 Å². The average Bonchev–Trinajstić information content (AvgIpc) is 2.28. The highest BCUT2D eigenvalue weighted by atomic mass is 16.5. The summed E-state index contributed by atoms with van der Waals surface area (Å²) in [5.41, 5.74) is 0.384. The van der Waals surface area contributed by atoms with Gasteiger partial charge in [0.25, 0.3) is 0 Å². The van der Waals surface area contributed by atoms with E-state index in [2.05, 4.69) is 6.58 Å². The Bertz CT molecular complexity index is 342. The van der Waals surface area contributed by atoms with Crippen LogP contribution in [-0.4, -0.2) is 17.3 Å². The Balaban J connectivity index is 2.60. The van der Waals surface area contributed by atoms with E-state index in [1.165, 1.54) is 5.56 Å². The normalized spacial score (nSPS) is 14.2. The monoisotopic (exact) mass is 220 g/mol. The van der Waals surface area contributed by atoms with Crippen LogP contribution in [0.15, 0.2) is 36.9 Å². The fourth-order valence-electron chi connectivity index (χ4n) is 1.46. The van der Waals surface area contributed by atoms with Crippen LogP contribution < -0.4 is 4.74 Å². The van der Waals surface area contributed by atoms with Gasteiger partial charge in [-0.1, -0.05) is 18.2 Å². The molecule has 1 rings (SSSR count). The molecular weight excluding hydrogens is 200 g/mol. The number of ether oxygens (including phenoxy) is 1. The Morgan fingerprint density at radius 2 is 2.25 bits per heavy atom. The van der Waals surface area contributed by atoms with Crippen LogP contribution in [0.5, 0.6) is 5.75 Å². The van der Waals surface area contributed by atoms with Gasteiger partial charge >= 0.3 is 0 Å². The van der Waals surface area contributed by atoms with Gasteiger partial charge in [-0.3, -0.25) is 0 Å². The van der Waals surface area contributed by atoms with Crippen LogP contribution in [0.2, 0.25) is 0 Å². The molecule has 0 saturated heterocycles. The van der Waals surface area contributed by atoms with E-state index >= 15 is 0 Å². The predicted octanol–water partition coefficient (Wildman–Crippen LogP) is 2.95. The molecule has 88 valence electrons. The van der Waals surface area contributed by atoms with E-state index in [0.717, 1.165) is 12.2 Å². The van der Waals surface area contributed by atoms with E-state index in [1.807, 2.05) is 31.2 Å². The molecule has 1 aromatic rings. The van der Waals surface area contributed by atoms with Crippen LogP contribution in [0.3, 0.4) is 0 Å². The molecule has 0 saturated carbocycles. The standard InChI is InChI=1S/C14H20O2/c1-4-14(3,15)10-9-12-7-6-8-13(11-12)16-5-2/h4,6-8,11,15H,1,5,9-10H2,2-3H3. The third-order valence-electron chi connectivity index (χ3n) is 2.57. The molecule has 0 aromatic heterocycles. The molecule has 0 aliphatic carbocycles. The first kappa shape index (κ1) is 12.8. The summed E-state index contributed by atoms with van der Waals surface area (Å²) < 4.78 is 5.42. The molecule has 1 aromatic carbocycles. The fraction of sp³-hybridized carbons (Fsp3) is 0.429. The summed E-state index contributed by atoms with van der Waals surface area (Å²) >= 11 is 0. The number of aryl methyl sites for hydroxylation is 1. The first-order valence-corrected chi connectivity index (χ1v) is 5.65. The molecule has 0 spiro atoms. The number of hydrogen-bond donors (Lipinski definition) is 1. The molecule has 16 heavy (non-hydrogen) atoms. The van der Waals surface area contributed by atoms with Crippen molar-refractivity contribution in [1.29, 1.82) is 0 Å². The van der Waals surface area contributed by atoms with Crippen molar-refractivity contribution in [1.82, 2.24) is 0 Å². The highest BCUT2D eigenvalue weighted by Gasteiger charge is 2.14. The van der Waals surface area contributed by atoms with E-state index < -0.39 is 5.60 Å². The maximum Gasteiger partial charge on any atom is 0.119 e. The topological polar surface area (TPSA) is 29.5 Å². The summed E-state index contributed by atoms with van der Waals surface area (Å²) in [5, 5.41) is 9.81. The Hall–Kier alpha value is -1.28. The van der Waals surface area contributed by atoms with Crippen LogP contribution in [0.4, 0.5) is 0 Å². The second-order valence-electron chi connectivity index (χ2n) is 4.14. The zero-order chi connectivity index (χ0) is 12.0. The fourth-order valence-corrected chi connectivity index (χ4v) is 1.46. The van der Waals surface area contributed by atoms with E-state index in [4.69, 9.17) is 4.74 Å². The van der Waals surface area contributed by atoms with Crippen molar-refractivity contribution in [3.8, 4) is 5.75 Å². The molecule has 0 amide bonds. The Morgan fingerprint density at radius 3 is 2.88 bits per heavy atom. The van der Waals surface area contributed by atoms with Gasteiger partial charge in [-0.25, -0.2) is 0 Å². The van der Waals surface area contributed by atoms with Gasteiger partial charge in [0.15, 0.2) is 0 Å². The number of benzene rings is 1. The summed E-state index contributed by atoms with van der Waals surface area (Å²) in [6, 6.07) is 7.98. The molecule has 1 N–H and O–H groups in total. The van der Waals surface area contributed by atoms with Gasteiger partial charge < -0.3 is 9.84 Å². The second kappa shape index (κ2) is 5.71. The maximum absolute atomic E-state index is 9.81. The quantitative estimate of drug-likeness (QED) is 0.747. The summed E-state index contributed by atoms with van der Waals surface area (Å²) in [4.78, 5) is 0. The molecule has 0 aliphatic rings. The van der Waals surface area contributed by atoms with Gasteiger partial charge in [0.2, 0.25) is 0 Å². The van der Waals surface area contributed by atoms with Crippen LogP contribution in [0.25, 0.3) is 0 Å². The lowest BCUT2D eigenvalue weighted by atomic mass is 9.97. The minimum Gasteiger partial charge on any atom is -0.494 e. The third-order valence-corrected chi connectivity index (χ3v) is 2.57.